The fraction of sp³-hybridized carbons (Fsp3) is 1.00. The summed E-state index contributed by atoms with van der Waals surface area (Å²) in [6.45, 7) is 6.81. The molecule has 2 N–H and O–H groups in total. The lowest BCUT2D eigenvalue weighted by Gasteiger charge is -2.24. The van der Waals surface area contributed by atoms with E-state index < -0.39 is 36.0 Å². The van der Waals surface area contributed by atoms with E-state index in [1.165, 1.54) is 0 Å². The van der Waals surface area contributed by atoms with E-state index in [1.807, 2.05) is 0 Å². The van der Waals surface area contributed by atoms with Crippen molar-refractivity contribution in [3.8, 4) is 0 Å². The Bertz CT molecular complexity index is 273. The van der Waals surface area contributed by atoms with Gasteiger partial charge in [-0.2, -0.15) is 0 Å². The van der Waals surface area contributed by atoms with Gasteiger partial charge in [-0.25, -0.2) is 0 Å². The Morgan fingerprint density at radius 2 is 1.06 bits per heavy atom. The van der Waals surface area contributed by atoms with E-state index in [2.05, 4.69) is 0 Å². The van der Waals surface area contributed by atoms with E-state index in [1.54, 1.807) is 27.7 Å². The van der Waals surface area contributed by atoms with Gasteiger partial charge in [0.25, 0.3) is 0 Å². The Kier molecular flexibility index (Phi) is 3.70. The summed E-state index contributed by atoms with van der Waals surface area (Å²) in [4.78, 5) is 0. The number of aliphatic hydroxyl groups excluding tert-OH is 2. The fourth-order valence-corrected chi connectivity index (χ4v) is 2.57. The second kappa shape index (κ2) is 4.70. The van der Waals surface area contributed by atoms with Crippen molar-refractivity contribution < 1.29 is 29.2 Å². The first-order valence-electron chi connectivity index (χ1n) is 6.21. The van der Waals surface area contributed by atoms with Crippen LogP contribution in [-0.4, -0.2) is 59.4 Å². The van der Waals surface area contributed by atoms with Crippen LogP contribution in [0.15, 0.2) is 0 Å². The molecule has 2 aliphatic rings. The predicted molar refractivity (Wildman–Crippen MR) is 61.8 cm³/mol. The summed E-state index contributed by atoms with van der Waals surface area (Å²) >= 11 is 0. The first kappa shape index (κ1) is 14.2. The minimum atomic E-state index is -0.770. The van der Waals surface area contributed by atoms with Crippen molar-refractivity contribution in [3.63, 3.8) is 0 Å². The maximum absolute atomic E-state index is 9.35. The van der Waals surface area contributed by atoms with Gasteiger partial charge in [0.1, 0.15) is 24.4 Å². The van der Waals surface area contributed by atoms with Crippen LogP contribution in [0.1, 0.15) is 27.7 Å². The normalized spacial score (nSPS) is 42.3. The van der Waals surface area contributed by atoms with Crippen LogP contribution in [0.2, 0.25) is 0 Å². The number of hydrogen-bond acceptors (Lipinski definition) is 6. The lowest BCUT2D eigenvalue weighted by molar-refractivity contribution is -0.175. The minimum absolute atomic E-state index is 0.160. The van der Waals surface area contributed by atoms with Crippen molar-refractivity contribution in [2.24, 2.45) is 0 Å². The molecule has 6 nitrogen and oxygen atoms in total. The molecule has 0 saturated carbocycles. The van der Waals surface area contributed by atoms with Crippen LogP contribution in [0.25, 0.3) is 0 Å². The van der Waals surface area contributed by atoms with Gasteiger partial charge in [-0.3, -0.25) is 0 Å². The molecule has 2 heterocycles. The predicted octanol–water partition coefficient (Wildman–Crippen LogP) is 0.0112. The van der Waals surface area contributed by atoms with Crippen molar-refractivity contribution >= 4 is 0 Å². The van der Waals surface area contributed by atoms with Crippen LogP contribution < -0.4 is 0 Å². The average molecular weight is 262 g/mol. The zero-order valence-electron chi connectivity index (χ0n) is 11.3. The number of aliphatic hydroxyl groups is 2. The second-order valence-electron chi connectivity index (χ2n) is 5.64. The summed E-state index contributed by atoms with van der Waals surface area (Å²) in [6.07, 6.45) is -1.86. The Hall–Kier alpha value is -0.240. The summed E-state index contributed by atoms with van der Waals surface area (Å²) < 4.78 is 22.7. The second-order valence-corrected chi connectivity index (χ2v) is 5.64. The largest absolute Gasteiger partial charge is 0.394 e. The lowest BCUT2D eigenvalue weighted by atomic mass is 10.0. The molecule has 0 aromatic carbocycles. The van der Waals surface area contributed by atoms with Crippen molar-refractivity contribution in [2.75, 3.05) is 13.2 Å². The topological polar surface area (TPSA) is 77.4 Å². The SMILES string of the molecule is CC1(C)O[C@@H]([C@H]2OC(C)(C)O[C@@H]2CO)[C@H](CO)O1. The molecule has 2 saturated heterocycles. The highest BCUT2D eigenvalue weighted by atomic mass is 16.8. The molecular weight excluding hydrogens is 240 g/mol. The van der Waals surface area contributed by atoms with Crippen LogP contribution in [-0.2, 0) is 18.9 Å². The molecule has 0 aliphatic carbocycles. The monoisotopic (exact) mass is 262 g/mol. The fourth-order valence-electron chi connectivity index (χ4n) is 2.57. The summed E-state index contributed by atoms with van der Waals surface area (Å²) in [6, 6.07) is 0. The van der Waals surface area contributed by atoms with Gasteiger partial charge in [0.2, 0.25) is 0 Å². The molecule has 0 aromatic heterocycles. The Balaban J connectivity index is 2.15. The molecule has 0 aromatic rings. The molecule has 2 aliphatic heterocycles. The summed E-state index contributed by atoms with van der Waals surface area (Å²) in [7, 11) is 0. The maximum Gasteiger partial charge on any atom is 0.164 e. The zero-order valence-corrected chi connectivity index (χ0v) is 11.3. The molecular formula is C12H22O6. The van der Waals surface area contributed by atoms with Gasteiger partial charge >= 0.3 is 0 Å². The molecule has 2 rings (SSSR count). The number of rotatable bonds is 3. The van der Waals surface area contributed by atoms with E-state index >= 15 is 0 Å². The Morgan fingerprint density at radius 3 is 1.33 bits per heavy atom. The van der Waals surface area contributed by atoms with Crippen LogP contribution in [0.5, 0.6) is 0 Å². The van der Waals surface area contributed by atoms with E-state index in [9.17, 15) is 10.2 Å². The van der Waals surface area contributed by atoms with E-state index in [4.69, 9.17) is 18.9 Å². The third-order valence-corrected chi connectivity index (χ3v) is 3.13. The first-order valence-corrected chi connectivity index (χ1v) is 6.21. The lowest BCUT2D eigenvalue weighted by Crippen LogP contribution is -2.44. The maximum atomic E-state index is 9.35. The summed E-state index contributed by atoms with van der Waals surface area (Å²) in [5, 5.41) is 18.7. The van der Waals surface area contributed by atoms with Crippen LogP contribution >= 0.6 is 0 Å². The van der Waals surface area contributed by atoms with Crippen LogP contribution in [0.4, 0.5) is 0 Å². The van der Waals surface area contributed by atoms with Crippen molar-refractivity contribution in [1.29, 1.82) is 0 Å². The molecule has 2 fully saturated rings. The highest BCUT2D eigenvalue weighted by Gasteiger charge is 2.53. The highest BCUT2D eigenvalue weighted by Crippen LogP contribution is 2.38. The summed E-state index contributed by atoms with van der Waals surface area (Å²) in [5.74, 6) is -1.54. The molecule has 0 bridgehead atoms. The number of hydrogen-bond donors (Lipinski definition) is 2. The highest BCUT2D eigenvalue weighted by molar-refractivity contribution is 4.94. The molecule has 106 valence electrons. The molecule has 6 heteroatoms. The zero-order chi connectivity index (χ0) is 13.6. The van der Waals surface area contributed by atoms with Gasteiger partial charge < -0.3 is 29.2 Å². The van der Waals surface area contributed by atoms with Gasteiger partial charge in [-0.05, 0) is 27.7 Å². The van der Waals surface area contributed by atoms with Crippen LogP contribution in [0, 0.1) is 0 Å². The molecule has 0 spiro atoms. The van der Waals surface area contributed by atoms with Crippen molar-refractivity contribution in [2.45, 2.75) is 63.7 Å². The molecule has 0 unspecified atom stereocenters. The smallest absolute Gasteiger partial charge is 0.164 e. The third kappa shape index (κ3) is 2.68. The summed E-state index contributed by atoms with van der Waals surface area (Å²) in [5.41, 5.74) is 0. The van der Waals surface area contributed by atoms with Gasteiger partial charge in [0.15, 0.2) is 11.6 Å². The minimum Gasteiger partial charge on any atom is -0.394 e. The molecule has 0 radical (unpaired) electrons. The first-order chi connectivity index (χ1) is 8.28. The van der Waals surface area contributed by atoms with Gasteiger partial charge in [0, 0.05) is 0 Å². The van der Waals surface area contributed by atoms with Crippen molar-refractivity contribution in [1.82, 2.24) is 0 Å². The van der Waals surface area contributed by atoms with Crippen molar-refractivity contribution in [3.05, 3.63) is 0 Å². The molecule has 18 heavy (non-hydrogen) atoms. The van der Waals surface area contributed by atoms with E-state index in [0.717, 1.165) is 0 Å². The number of ether oxygens (including phenoxy) is 4. The Labute approximate surface area is 107 Å². The average Bonchev–Trinajstić information content (AvgIpc) is 2.74. The standard InChI is InChI=1S/C12H22O6/c1-11(2)15-7(5-13)9(17-11)10-8(6-14)16-12(3,4)18-10/h7-10,13-14H,5-6H2,1-4H3/t7-,8+,9+,10-. The molecule has 4 atom stereocenters. The third-order valence-electron chi connectivity index (χ3n) is 3.13. The van der Waals surface area contributed by atoms with Gasteiger partial charge in [0.05, 0.1) is 13.2 Å². The van der Waals surface area contributed by atoms with E-state index in [-0.39, 0.29) is 13.2 Å². The van der Waals surface area contributed by atoms with E-state index in [0.29, 0.717) is 0 Å². The van der Waals surface area contributed by atoms with Gasteiger partial charge in [-0.1, -0.05) is 0 Å². The van der Waals surface area contributed by atoms with Crippen LogP contribution in [0.3, 0.4) is 0 Å². The molecule has 0 amide bonds. The van der Waals surface area contributed by atoms with Gasteiger partial charge in [-0.15, -0.1) is 0 Å². The quantitative estimate of drug-likeness (QED) is 0.746. The Morgan fingerprint density at radius 1 is 0.722 bits per heavy atom.